The van der Waals surface area contributed by atoms with Crippen LogP contribution < -0.4 is 9.47 Å². The molecular formula is C22H19N3O4. The number of nitrogens with one attached hydrogen (secondary N) is 1. The minimum atomic E-state index is -3.13. The van der Waals surface area contributed by atoms with Gasteiger partial charge in [0, 0.05) is 36.8 Å². The normalized spacial score (nSPS) is 35.2. The maximum Gasteiger partial charge on any atom is 0.245 e. The van der Waals surface area contributed by atoms with Crippen LogP contribution in [0.3, 0.4) is 0 Å². The number of nitrogens with zero attached hydrogens (tertiary/aromatic N) is 2. The molecule has 2 atom stereocenters. The van der Waals surface area contributed by atoms with Crippen molar-refractivity contribution in [2.75, 3.05) is 20.3 Å². The maximum atomic E-state index is 13.7. The van der Waals surface area contributed by atoms with E-state index in [1.54, 1.807) is 0 Å². The Hall–Kier alpha value is -3.48. The molecule has 29 heavy (non-hydrogen) atoms. The number of para-hydroxylation sites is 1. The van der Waals surface area contributed by atoms with Crippen LogP contribution in [0.2, 0.25) is 0 Å². The first-order valence-electron chi connectivity index (χ1n) is 14.6. The van der Waals surface area contributed by atoms with E-state index in [9.17, 15) is 11.0 Å². The van der Waals surface area contributed by atoms with Crippen LogP contribution in [0.1, 0.15) is 39.3 Å². The van der Waals surface area contributed by atoms with Gasteiger partial charge in [-0.1, -0.05) is 24.2 Å². The number of benzene rings is 2. The van der Waals surface area contributed by atoms with Gasteiger partial charge < -0.3 is 24.3 Å². The number of carbonyl (C=O) groups is 2. The van der Waals surface area contributed by atoms with Crippen LogP contribution in [0.4, 0.5) is 0 Å². The topological polar surface area (TPSA) is 74.9 Å². The summed E-state index contributed by atoms with van der Waals surface area (Å²) < 4.78 is 110. The number of piperazine rings is 1. The molecule has 0 aliphatic carbocycles. The summed E-state index contributed by atoms with van der Waals surface area (Å²) in [6.45, 7) is -6.69. The lowest BCUT2D eigenvalue weighted by Gasteiger charge is -2.46. The van der Waals surface area contributed by atoms with Gasteiger partial charge in [-0.25, -0.2) is 0 Å². The number of hydrogen-bond donors (Lipinski definition) is 1. The maximum absolute atomic E-state index is 13.7. The number of amides is 2. The first-order chi connectivity index (χ1) is 18.8. The van der Waals surface area contributed by atoms with E-state index < -0.39 is 85.9 Å². The predicted octanol–water partition coefficient (Wildman–Crippen LogP) is 2.21. The van der Waals surface area contributed by atoms with Crippen LogP contribution in [0, 0.1) is 0 Å². The summed E-state index contributed by atoms with van der Waals surface area (Å²) in [6, 6.07) is -3.74. The highest BCUT2D eigenvalue weighted by molar-refractivity contribution is 5.97. The van der Waals surface area contributed by atoms with E-state index in [2.05, 4.69) is 4.98 Å². The van der Waals surface area contributed by atoms with Crippen molar-refractivity contribution in [3.8, 4) is 11.5 Å². The largest absolute Gasteiger partial charge is 0.454 e. The Labute approximate surface area is 183 Å². The fourth-order valence-electron chi connectivity index (χ4n) is 3.77. The van der Waals surface area contributed by atoms with Crippen molar-refractivity contribution in [2.24, 2.45) is 0 Å². The molecule has 3 aromatic rings. The molecule has 7 nitrogen and oxygen atoms in total. The van der Waals surface area contributed by atoms with Crippen LogP contribution in [0.15, 0.2) is 42.4 Å². The monoisotopic (exact) mass is 401 g/mol. The van der Waals surface area contributed by atoms with E-state index in [1.165, 1.54) is 12.1 Å². The Morgan fingerprint density at radius 2 is 2.14 bits per heavy atom. The van der Waals surface area contributed by atoms with Gasteiger partial charge in [0.2, 0.25) is 18.6 Å². The molecule has 146 valence electrons. The van der Waals surface area contributed by atoms with Gasteiger partial charge in [-0.05, 0) is 29.3 Å². The molecule has 0 spiro atoms. The zero-order valence-corrected chi connectivity index (χ0v) is 14.5. The Morgan fingerprint density at radius 1 is 1.28 bits per heavy atom. The molecule has 2 aromatic carbocycles. The highest BCUT2D eigenvalue weighted by Gasteiger charge is 2.47. The summed E-state index contributed by atoms with van der Waals surface area (Å²) in [4.78, 5) is 30.9. The number of ether oxygens (including phenoxy) is 2. The van der Waals surface area contributed by atoms with Crippen LogP contribution in [0.5, 0.6) is 11.5 Å². The van der Waals surface area contributed by atoms with Crippen molar-refractivity contribution in [1.82, 2.24) is 14.8 Å². The van der Waals surface area contributed by atoms with Gasteiger partial charge in [-0.3, -0.25) is 9.59 Å². The lowest BCUT2D eigenvalue weighted by molar-refractivity contribution is -0.157. The number of aromatic nitrogens is 1. The molecule has 3 aliphatic heterocycles. The molecule has 1 saturated heterocycles. The molecule has 0 unspecified atom stereocenters. The van der Waals surface area contributed by atoms with Crippen molar-refractivity contribution in [3.05, 3.63) is 59.2 Å². The van der Waals surface area contributed by atoms with Crippen molar-refractivity contribution < 1.29 is 35.5 Å². The summed E-state index contributed by atoms with van der Waals surface area (Å²) >= 11 is 0. The lowest BCUT2D eigenvalue weighted by atomic mass is 9.86. The first-order valence-corrected chi connectivity index (χ1v) is 8.61. The molecule has 1 aromatic heterocycles. The van der Waals surface area contributed by atoms with Crippen LogP contribution in [-0.4, -0.2) is 52.9 Å². The first kappa shape index (κ1) is 8.49. The third-order valence-electron chi connectivity index (χ3n) is 5.04. The van der Waals surface area contributed by atoms with Crippen molar-refractivity contribution in [2.45, 2.75) is 18.4 Å². The van der Waals surface area contributed by atoms with E-state index in [1.807, 2.05) is 0 Å². The molecule has 1 N–H and O–H groups in total. The zero-order valence-electron chi connectivity index (χ0n) is 26.5. The summed E-state index contributed by atoms with van der Waals surface area (Å²) in [5, 5.41) is -0.365. The molecule has 0 saturated carbocycles. The molecule has 0 bridgehead atoms. The quantitative estimate of drug-likeness (QED) is 0.678. The number of hydrogen-bond acceptors (Lipinski definition) is 4. The molecule has 4 heterocycles. The van der Waals surface area contributed by atoms with Gasteiger partial charge in [0.15, 0.2) is 11.5 Å². The minimum absolute atomic E-state index is 0.0453. The van der Waals surface area contributed by atoms with Crippen LogP contribution in [-0.2, 0) is 16.0 Å². The number of likely N-dealkylation sites (N-methyl/N-ethyl adjacent to an activating group) is 1. The minimum Gasteiger partial charge on any atom is -0.454 e. The summed E-state index contributed by atoms with van der Waals surface area (Å²) in [6.07, 6.45) is -2.94. The number of H-pyrrole nitrogens is 1. The van der Waals surface area contributed by atoms with Crippen molar-refractivity contribution in [1.29, 1.82) is 0 Å². The predicted molar refractivity (Wildman–Crippen MR) is 105 cm³/mol. The fraction of sp³-hybridized carbons (Fsp3) is 0.273. The van der Waals surface area contributed by atoms with Crippen molar-refractivity contribution >= 4 is 22.7 Å². The average molecular weight is 401 g/mol. The van der Waals surface area contributed by atoms with E-state index in [0.29, 0.717) is 4.90 Å². The zero-order chi connectivity index (χ0) is 30.2. The Kier molecular flexibility index (Phi) is 1.69. The fourth-order valence-corrected chi connectivity index (χ4v) is 3.77. The third kappa shape index (κ3) is 2.24. The molecule has 6 rings (SSSR count). The standard InChI is InChI=1S/C22H19N3O4/c1-24-10-19(26)25-16(22(24)27)9-14-13-4-2-3-5-15(13)23-20(14)21(25)12-6-7-17-18(8-12)29-11-28-17/h2-8,16,21,23H,9-11H2,1H3/t16-,21-/m1/s1/i1D3,2D,3D,4D,5D,9D2,11D2,21D. The molecule has 3 aliphatic rings. The van der Waals surface area contributed by atoms with Crippen LogP contribution >= 0.6 is 0 Å². The van der Waals surface area contributed by atoms with Gasteiger partial charge in [0.1, 0.15) is 8.78 Å². The van der Waals surface area contributed by atoms with E-state index in [0.717, 1.165) is 6.07 Å². The second-order valence-electron chi connectivity index (χ2n) is 6.66. The van der Waals surface area contributed by atoms with E-state index in [4.69, 9.17) is 24.6 Å². The number of fused-ring (bicyclic) bond motifs is 5. The average Bonchev–Trinajstić information content (AvgIpc) is 3.42. The Bertz CT molecular complexity index is 1700. The second kappa shape index (κ2) is 5.76. The number of rotatable bonds is 1. The molecule has 1 fully saturated rings. The van der Waals surface area contributed by atoms with Gasteiger partial charge in [0.05, 0.1) is 19.4 Å². The second-order valence-corrected chi connectivity index (χ2v) is 6.66. The molecule has 2 amide bonds. The van der Waals surface area contributed by atoms with E-state index in [-0.39, 0.29) is 32.9 Å². The van der Waals surface area contributed by atoms with Crippen LogP contribution in [0.25, 0.3) is 10.9 Å². The highest BCUT2D eigenvalue weighted by Crippen LogP contribution is 2.44. The SMILES string of the molecule is [2H]c1c([2H])c([2H])c2c3c([nH]c2c1[2H])[C@@]([2H])(c1ccc2c(c1)OC([2H])([2H])O2)N1C(=O)CN(C([2H])([2H])[2H])C(=O)[C@H]1C3([2H])[2H]. The Morgan fingerprint density at radius 3 is 3.03 bits per heavy atom. The lowest BCUT2D eigenvalue weighted by Crippen LogP contribution is -2.62. The van der Waals surface area contributed by atoms with E-state index >= 15 is 0 Å². The molecular weight excluding hydrogens is 370 g/mol. The van der Waals surface area contributed by atoms with Gasteiger partial charge >= 0.3 is 0 Å². The summed E-state index contributed by atoms with van der Waals surface area (Å²) in [5.41, 5.74) is -1.35. The summed E-state index contributed by atoms with van der Waals surface area (Å²) in [5.74, 6) is -2.65. The van der Waals surface area contributed by atoms with Gasteiger partial charge in [0.25, 0.3) is 0 Å². The molecule has 7 heteroatoms. The summed E-state index contributed by atoms with van der Waals surface area (Å²) in [7, 11) is 0. The van der Waals surface area contributed by atoms with Gasteiger partial charge in [-0.2, -0.15) is 0 Å². The number of carbonyl (C=O) groups excluding carboxylic acids is 2. The Balaban J connectivity index is 1.72. The molecule has 0 radical (unpaired) electrons. The van der Waals surface area contributed by atoms with Gasteiger partial charge in [-0.15, -0.1) is 0 Å². The third-order valence-corrected chi connectivity index (χ3v) is 5.04. The highest BCUT2D eigenvalue weighted by atomic mass is 16.7. The smallest absolute Gasteiger partial charge is 0.245 e. The number of aromatic amines is 1. The van der Waals surface area contributed by atoms with Crippen molar-refractivity contribution in [3.63, 3.8) is 0 Å².